The number of carbonyl (C=O) groups is 2. The maximum absolute atomic E-state index is 11.3. The zero-order valence-electron chi connectivity index (χ0n) is 10.8. The molecule has 4 heteroatoms. The van der Waals surface area contributed by atoms with Gasteiger partial charge in [0.2, 0.25) is 5.91 Å². The van der Waals surface area contributed by atoms with Crippen molar-refractivity contribution in [1.29, 1.82) is 0 Å². The second-order valence-corrected chi connectivity index (χ2v) is 4.37. The van der Waals surface area contributed by atoms with Crippen LogP contribution in [0.15, 0.2) is 0 Å². The van der Waals surface area contributed by atoms with Crippen molar-refractivity contribution in [3.63, 3.8) is 0 Å². The average molecular weight is 243 g/mol. The third-order valence-electron chi connectivity index (χ3n) is 2.65. The fourth-order valence-corrected chi connectivity index (χ4v) is 1.61. The summed E-state index contributed by atoms with van der Waals surface area (Å²) >= 11 is 0. The van der Waals surface area contributed by atoms with E-state index < -0.39 is 5.97 Å². The van der Waals surface area contributed by atoms with Crippen molar-refractivity contribution in [2.75, 3.05) is 6.54 Å². The number of unbranched alkanes of at least 4 members (excludes halogenated alkanes) is 5. The van der Waals surface area contributed by atoms with Gasteiger partial charge in [-0.15, -0.1) is 0 Å². The van der Waals surface area contributed by atoms with Crippen molar-refractivity contribution in [2.24, 2.45) is 0 Å². The van der Waals surface area contributed by atoms with Crippen LogP contribution < -0.4 is 5.32 Å². The lowest BCUT2D eigenvalue weighted by molar-refractivity contribution is -0.137. The molecule has 0 bridgehead atoms. The summed E-state index contributed by atoms with van der Waals surface area (Å²) in [4.78, 5) is 21.6. The average Bonchev–Trinajstić information content (AvgIpc) is 2.28. The molecule has 0 atom stereocenters. The number of rotatable bonds is 11. The Morgan fingerprint density at radius 1 is 0.941 bits per heavy atom. The van der Waals surface area contributed by atoms with Gasteiger partial charge in [-0.2, -0.15) is 0 Å². The number of carbonyl (C=O) groups excluding carboxylic acids is 1. The molecule has 0 aliphatic carbocycles. The Morgan fingerprint density at radius 2 is 1.59 bits per heavy atom. The zero-order valence-corrected chi connectivity index (χ0v) is 10.8. The molecule has 2 N–H and O–H groups in total. The second-order valence-electron chi connectivity index (χ2n) is 4.37. The Labute approximate surface area is 104 Å². The van der Waals surface area contributed by atoms with Gasteiger partial charge in [0.15, 0.2) is 0 Å². The van der Waals surface area contributed by atoms with Gasteiger partial charge in [-0.05, 0) is 19.3 Å². The van der Waals surface area contributed by atoms with E-state index >= 15 is 0 Å². The smallest absolute Gasteiger partial charge is 0.303 e. The standard InChI is InChI=1S/C13H25NO3/c1-2-3-4-8-11-14-12(15)9-6-5-7-10-13(16)17/h2-11H2,1H3,(H,14,15)(H,16,17). The number of hydrogen-bond donors (Lipinski definition) is 2. The predicted octanol–water partition coefficient (Wildman–Crippen LogP) is 2.72. The maximum atomic E-state index is 11.3. The van der Waals surface area contributed by atoms with E-state index in [1.54, 1.807) is 0 Å². The largest absolute Gasteiger partial charge is 0.481 e. The van der Waals surface area contributed by atoms with E-state index in [-0.39, 0.29) is 12.3 Å². The summed E-state index contributed by atoms with van der Waals surface area (Å²) in [5.41, 5.74) is 0. The van der Waals surface area contributed by atoms with Crippen LogP contribution in [-0.4, -0.2) is 23.5 Å². The van der Waals surface area contributed by atoms with Crippen molar-refractivity contribution in [2.45, 2.75) is 64.7 Å². The van der Waals surface area contributed by atoms with E-state index in [0.29, 0.717) is 12.8 Å². The molecule has 0 fully saturated rings. The first kappa shape index (κ1) is 15.9. The first-order valence-corrected chi connectivity index (χ1v) is 6.65. The quantitative estimate of drug-likeness (QED) is 0.548. The molecule has 0 aromatic rings. The van der Waals surface area contributed by atoms with Gasteiger partial charge >= 0.3 is 5.97 Å². The highest BCUT2D eigenvalue weighted by Gasteiger charge is 2.01. The first-order chi connectivity index (χ1) is 8.16. The minimum atomic E-state index is -0.759. The highest BCUT2D eigenvalue weighted by atomic mass is 16.4. The Hall–Kier alpha value is -1.06. The molecule has 0 saturated carbocycles. The molecule has 100 valence electrons. The lowest BCUT2D eigenvalue weighted by Gasteiger charge is -2.04. The topological polar surface area (TPSA) is 66.4 Å². The van der Waals surface area contributed by atoms with Crippen LogP contribution in [0.4, 0.5) is 0 Å². The summed E-state index contributed by atoms with van der Waals surface area (Å²) in [6.45, 7) is 2.93. The minimum Gasteiger partial charge on any atom is -0.481 e. The zero-order chi connectivity index (χ0) is 12.9. The molecule has 0 heterocycles. The normalized spacial score (nSPS) is 10.2. The SMILES string of the molecule is CCCCCCNC(=O)CCCCCC(=O)O. The van der Waals surface area contributed by atoms with Crippen LogP contribution in [0.1, 0.15) is 64.7 Å². The number of carboxylic acid groups (broad SMARTS) is 1. The summed E-state index contributed by atoms with van der Waals surface area (Å²) < 4.78 is 0. The minimum absolute atomic E-state index is 0.0943. The van der Waals surface area contributed by atoms with E-state index in [9.17, 15) is 9.59 Å². The van der Waals surface area contributed by atoms with Crippen molar-refractivity contribution in [3.8, 4) is 0 Å². The number of carboxylic acids is 1. The Morgan fingerprint density at radius 3 is 2.24 bits per heavy atom. The maximum Gasteiger partial charge on any atom is 0.303 e. The van der Waals surface area contributed by atoms with Crippen LogP contribution >= 0.6 is 0 Å². The van der Waals surface area contributed by atoms with Gasteiger partial charge in [-0.1, -0.05) is 32.6 Å². The number of nitrogens with one attached hydrogen (secondary N) is 1. The molecule has 0 saturated heterocycles. The lowest BCUT2D eigenvalue weighted by atomic mass is 10.1. The number of hydrogen-bond acceptors (Lipinski definition) is 2. The van der Waals surface area contributed by atoms with E-state index in [1.165, 1.54) is 19.3 Å². The third kappa shape index (κ3) is 12.9. The van der Waals surface area contributed by atoms with E-state index in [0.717, 1.165) is 25.8 Å². The van der Waals surface area contributed by atoms with Crippen molar-refractivity contribution >= 4 is 11.9 Å². The highest BCUT2D eigenvalue weighted by molar-refractivity contribution is 5.75. The van der Waals surface area contributed by atoms with Gasteiger partial charge in [0.05, 0.1) is 0 Å². The van der Waals surface area contributed by atoms with Gasteiger partial charge < -0.3 is 10.4 Å². The van der Waals surface area contributed by atoms with Crippen molar-refractivity contribution in [1.82, 2.24) is 5.32 Å². The van der Waals surface area contributed by atoms with E-state index in [1.807, 2.05) is 0 Å². The third-order valence-corrected chi connectivity index (χ3v) is 2.65. The Balaban J connectivity index is 3.20. The molecule has 0 rings (SSSR count). The molecule has 17 heavy (non-hydrogen) atoms. The molecule has 0 aromatic carbocycles. The van der Waals surface area contributed by atoms with Crippen LogP contribution in [0.3, 0.4) is 0 Å². The molecule has 0 spiro atoms. The van der Waals surface area contributed by atoms with Crippen molar-refractivity contribution < 1.29 is 14.7 Å². The van der Waals surface area contributed by atoms with E-state index in [4.69, 9.17) is 5.11 Å². The van der Waals surface area contributed by atoms with Gasteiger partial charge in [0.1, 0.15) is 0 Å². The summed E-state index contributed by atoms with van der Waals surface area (Å²) in [6, 6.07) is 0. The fourth-order valence-electron chi connectivity index (χ4n) is 1.61. The summed E-state index contributed by atoms with van der Waals surface area (Å²) in [5.74, 6) is -0.665. The van der Waals surface area contributed by atoms with Gasteiger partial charge in [-0.3, -0.25) is 9.59 Å². The number of amides is 1. The molecule has 0 aliphatic rings. The van der Waals surface area contributed by atoms with Crippen molar-refractivity contribution in [3.05, 3.63) is 0 Å². The van der Waals surface area contributed by atoms with E-state index in [2.05, 4.69) is 12.2 Å². The van der Waals surface area contributed by atoms with Crippen LogP contribution in [0.25, 0.3) is 0 Å². The van der Waals surface area contributed by atoms with Crippen LogP contribution in [0, 0.1) is 0 Å². The van der Waals surface area contributed by atoms with Crippen LogP contribution in [0.2, 0.25) is 0 Å². The highest BCUT2D eigenvalue weighted by Crippen LogP contribution is 2.03. The molecule has 4 nitrogen and oxygen atoms in total. The van der Waals surface area contributed by atoms with Gasteiger partial charge in [0, 0.05) is 19.4 Å². The summed E-state index contributed by atoms with van der Waals surface area (Å²) in [5, 5.41) is 11.3. The van der Waals surface area contributed by atoms with Crippen LogP contribution in [-0.2, 0) is 9.59 Å². The molecule has 0 radical (unpaired) electrons. The molecule has 1 amide bonds. The van der Waals surface area contributed by atoms with Crippen LogP contribution in [0.5, 0.6) is 0 Å². The molecular formula is C13H25NO3. The molecule has 0 aromatic heterocycles. The molecule has 0 unspecified atom stereocenters. The predicted molar refractivity (Wildman–Crippen MR) is 67.9 cm³/mol. The lowest BCUT2D eigenvalue weighted by Crippen LogP contribution is -2.23. The second kappa shape index (κ2) is 11.4. The molecular weight excluding hydrogens is 218 g/mol. The Bertz CT molecular complexity index is 217. The van der Waals surface area contributed by atoms with Gasteiger partial charge in [-0.25, -0.2) is 0 Å². The number of aliphatic carboxylic acids is 1. The fraction of sp³-hybridized carbons (Fsp3) is 0.846. The monoisotopic (exact) mass is 243 g/mol. The van der Waals surface area contributed by atoms with Gasteiger partial charge in [0.25, 0.3) is 0 Å². The Kier molecular flexibility index (Phi) is 10.7. The first-order valence-electron chi connectivity index (χ1n) is 6.65. The summed E-state index contributed by atoms with van der Waals surface area (Å²) in [6.07, 6.45) is 7.66. The summed E-state index contributed by atoms with van der Waals surface area (Å²) in [7, 11) is 0. The molecule has 0 aliphatic heterocycles.